The van der Waals surface area contributed by atoms with E-state index in [1.165, 1.54) is 7.11 Å². The number of halogens is 1. The molecule has 0 aliphatic heterocycles. The van der Waals surface area contributed by atoms with Gasteiger partial charge in [0.05, 0.1) is 7.11 Å². The Bertz CT molecular complexity index is 555. The molecule has 0 saturated heterocycles. The molecule has 1 aromatic rings. The van der Waals surface area contributed by atoms with E-state index in [4.69, 9.17) is 10.2 Å². The van der Waals surface area contributed by atoms with Crippen LogP contribution in [0.15, 0.2) is 15.4 Å². The average Bonchev–Trinajstić information content (AvgIpc) is 2.82. The van der Waals surface area contributed by atoms with Gasteiger partial charge in [-0.15, -0.1) is 12.4 Å². The maximum Gasteiger partial charge on any atom is 0.373 e. The van der Waals surface area contributed by atoms with Gasteiger partial charge in [0.25, 0.3) is 0 Å². The first-order chi connectivity index (χ1) is 8.85. The molecular weight excluding hydrogens is 308 g/mol. The molecule has 1 heterocycles. The quantitative estimate of drug-likeness (QED) is 0.743. The fraction of sp³-hybridized carbons (Fsp3) is 0.545. The highest BCUT2D eigenvalue weighted by Crippen LogP contribution is 2.22. The van der Waals surface area contributed by atoms with E-state index < -0.39 is 22.0 Å². The number of sulfonamides is 1. The summed E-state index contributed by atoms with van der Waals surface area (Å²) in [7, 11) is -2.57. The molecule has 0 radical (unpaired) electrons. The lowest BCUT2D eigenvalue weighted by Gasteiger charge is -2.11. The number of methoxy groups -OCH3 is 1. The molecule has 7 nitrogen and oxygen atoms in total. The number of furan rings is 1. The molecular formula is C11H19ClN2O5S. The summed E-state index contributed by atoms with van der Waals surface area (Å²) in [5, 5.41) is 0. The molecule has 1 rings (SSSR count). The van der Waals surface area contributed by atoms with Crippen molar-refractivity contribution in [3.8, 4) is 0 Å². The van der Waals surface area contributed by atoms with E-state index in [0.717, 1.165) is 6.07 Å². The van der Waals surface area contributed by atoms with Crippen molar-refractivity contribution < 1.29 is 22.4 Å². The van der Waals surface area contributed by atoms with Gasteiger partial charge in [-0.05, 0) is 6.92 Å². The Kier molecular flexibility index (Phi) is 7.21. The van der Waals surface area contributed by atoms with Gasteiger partial charge in [0, 0.05) is 25.1 Å². The number of nitrogens with two attached hydrogens (primary N) is 1. The van der Waals surface area contributed by atoms with Crippen LogP contribution in [0.25, 0.3) is 0 Å². The van der Waals surface area contributed by atoms with E-state index in [-0.39, 0.29) is 35.4 Å². The lowest BCUT2D eigenvalue weighted by atomic mass is 10.3. The molecule has 9 heteroatoms. The van der Waals surface area contributed by atoms with Gasteiger partial charge in [0.2, 0.25) is 15.8 Å². The van der Waals surface area contributed by atoms with Gasteiger partial charge in [0.15, 0.2) is 0 Å². The van der Waals surface area contributed by atoms with Crippen LogP contribution in [-0.4, -0.2) is 34.1 Å². The molecule has 0 spiro atoms. The van der Waals surface area contributed by atoms with Gasteiger partial charge < -0.3 is 14.9 Å². The third-order valence-corrected chi connectivity index (χ3v) is 4.11. The van der Waals surface area contributed by atoms with Crippen molar-refractivity contribution in [1.82, 2.24) is 4.72 Å². The summed E-state index contributed by atoms with van der Waals surface area (Å²) in [6.45, 7) is 3.54. The molecule has 20 heavy (non-hydrogen) atoms. The van der Waals surface area contributed by atoms with Crippen molar-refractivity contribution in [3.63, 3.8) is 0 Å². The number of nitrogens with one attached hydrogen (secondary N) is 1. The molecule has 1 aromatic heterocycles. The molecule has 3 N–H and O–H groups in total. The molecule has 0 saturated carbocycles. The van der Waals surface area contributed by atoms with Gasteiger partial charge in [-0.25, -0.2) is 17.9 Å². The number of hydrogen-bond donors (Lipinski definition) is 2. The van der Waals surface area contributed by atoms with Crippen LogP contribution in [0.5, 0.6) is 0 Å². The molecule has 0 bridgehead atoms. The average molecular weight is 327 g/mol. The Morgan fingerprint density at radius 2 is 2.15 bits per heavy atom. The fourth-order valence-corrected chi connectivity index (χ4v) is 2.96. The van der Waals surface area contributed by atoms with Crippen molar-refractivity contribution in [3.05, 3.63) is 17.6 Å². The summed E-state index contributed by atoms with van der Waals surface area (Å²) in [4.78, 5) is 11.3. The summed E-state index contributed by atoms with van der Waals surface area (Å²) in [6, 6.07) is 0.752. The molecule has 0 aliphatic carbocycles. The SMILES string of the molecule is CCc1oc(C(=O)OC)cc1S(=O)(=O)N[C@@H](C)CN.Cl. The highest BCUT2D eigenvalue weighted by molar-refractivity contribution is 7.89. The van der Waals surface area contributed by atoms with E-state index in [1.54, 1.807) is 13.8 Å². The Balaban J connectivity index is 0.00000361. The predicted molar refractivity (Wildman–Crippen MR) is 75.5 cm³/mol. The highest BCUT2D eigenvalue weighted by Gasteiger charge is 2.26. The lowest BCUT2D eigenvalue weighted by Crippen LogP contribution is -2.37. The second kappa shape index (κ2) is 7.63. The zero-order valence-corrected chi connectivity index (χ0v) is 13.1. The van der Waals surface area contributed by atoms with E-state index in [9.17, 15) is 13.2 Å². The number of carbonyl (C=O) groups excluding carboxylic acids is 1. The molecule has 0 unspecified atom stereocenters. The van der Waals surface area contributed by atoms with Crippen molar-refractivity contribution in [2.24, 2.45) is 5.73 Å². The molecule has 0 aliphatic rings. The summed E-state index contributed by atoms with van der Waals surface area (Å²) in [5.74, 6) is -0.653. The second-order valence-electron chi connectivity index (χ2n) is 4.00. The summed E-state index contributed by atoms with van der Waals surface area (Å²) in [5.41, 5.74) is 5.38. The molecule has 1 atom stereocenters. The van der Waals surface area contributed by atoms with Crippen molar-refractivity contribution in [1.29, 1.82) is 0 Å². The first-order valence-electron chi connectivity index (χ1n) is 5.79. The standard InChI is InChI=1S/C11H18N2O5S.ClH/c1-4-8-10(5-9(18-8)11(14)17-3)19(15,16)13-7(2)6-12;/h5,7,13H,4,6,12H2,1-3H3;1H/t7-;/m0./s1. The van der Waals surface area contributed by atoms with Crippen LogP contribution in [0.4, 0.5) is 0 Å². The highest BCUT2D eigenvalue weighted by atomic mass is 35.5. The lowest BCUT2D eigenvalue weighted by molar-refractivity contribution is 0.0563. The van der Waals surface area contributed by atoms with Gasteiger partial charge in [-0.1, -0.05) is 6.92 Å². The predicted octanol–water partition coefficient (Wildman–Crippen LogP) is 0.676. The summed E-state index contributed by atoms with van der Waals surface area (Å²) in [6.07, 6.45) is 0.338. The molecule has 0 amide bonds. The zero-order valence-electron chi connectivity index (χ0n) is 11.5. The fourth-order valence-electron chi connectivity index (χ4n) is 1.46. The van der Waals surface area contributed by atoms with Crippen LogP contribution in [-0.2, 0) is 21.2 Å². The Labute approximate surface area is 124 Å². The summed E-state index contributed by atoms with van der Waals surface area (Å²) >= 11 is 0. The Hall–Kier alpha value is -1.09. The van der Waals surface area contributed by atoms with Crippen molar-refractivity contribution in [2.75, 3.05) is 13.7 Å². The maximum absolute atomic E-state index is 12.1. The minimum atomic E-state index is -3.77. The largest absolute Gasteiger partial charge is 0.463 e. The van der Waals surface area contributed by atoms with Gasteiger partial charge in [-0.3, -0.25) is 0 Å². The number of hydrogen-bond acceptors (Lipinski definition) is 6. The smallest absolute Gasteiger partial charge is 0.373 e. The van der Waals surface area contributed by atoms with Crippen LogP contribution in [0.2, 0.25) is 0 Å². The van der Waals surface area contributed by atoms with E-state index >= 15 is 0 Å². The maximum atomic E-state index is 12.1. The first kappa shape index (κ1) is 18.9. The molecule has 116 valence electrons. The van der Waals surface area contributed by atoms with Crippen LogP contribution in [0, 0.1) is 0 Å². The van der Waals surface area contributed by atoms with Crippen LogP contribution < -0.4 is 10.5 Å². The first-order valence-corrected chi connectivity index (χ1v) is 7.27. The van der Waals surface area contributed by atoms with E-state index in [2.05, 4.69) is 9.46 Å². The van der Waals surface area contributed by atoms with Crippen molar-refractivity contribution in [2.45, 2.75) is 31.2 Å². The minimum Gasteiger partial charge on any atom is -0.463 e. The number of esters is 1. The summed E-state index contributed by atoms with van der Waals surface area (Å²) < 4.78 is 36.3. The third-order valence-electron chi connectivity index (χ3n) is 2.48. The third kappa shape index (κ3) is 4.20. The topological polar surface area (TPSA) is 112 Å². The Morgan fingerprint density at radius 1 is 1.55 bits per heavy atom. The normalized spacial score (nSPS) is 12.6. The van der Waals surface area contributed by atoms with Crippen LogP contribution in [0.3, 0.4) is 0 Å². The van der Waals surface area contributed by atoms with Crippen LogP contribution >= 0.6 is 12.4 Å². The minimum absolute atomic E-state index is 0. The number of ether oxygens (including phenoxy) is 1. The number of aryl methyl sites for hydroxylation is 1. The monoisotopic (exact) mass is 326 g/mol. The molecule has 0 aromatic carbocycles. The second-order valence-corrected chi connectivity index (χ2v) is 5.68. The van der Waals surface area contributed by atoms with Gasteiger partial charge >= 0.3 is 5.97 Å². The van der Waals surface area contributed by atoms with Crippen LogP contribution in [0.1, 0.15) is 30.2 Å². The number of carbonyl (C=O) groups is 1. The van der Waals surface area contributed by atoms with E-state index in [0.29, 0.717) is 6.42 Å². The van der Waals surface area contributed by atoms with Crippen molar-refractivity contribution >= 4 is 28.4 Å². The zero-order chi connectivity index (χ0) is 14.6. The Morgan fingerprint density at radius 3 is 2.60 bits per heavy atom. The number of rotatable bonds is 6. The van der Waals surface area contributed by atoms with Gasteiger partial charge in [-0.2, -0.15) is 0 Å². The van der Waals surface area contributed by atoms with E-state index in [1.807, 2.05) is 0 Å². The molecule has 0 fully saturated rings. The van der Waals surface area contributed by atoms with Gasteiger partial charge in [0.1, 0.15) is 10.7 Å².